The second-order valence-corrected chi connectivity index (χ2v) is 3.82. The molecule has 0 fully saturated rings. The molecule has 0 bridgehead atoms. The van der Waals surface area contributed by atoms with Crippen LogP contribution < -0.4 is 10.5 Å². The molecule has 0 aromatic heterocycles. The van der Waals surface area contributed by atoms with Crippen molar-refractivity contribution >= 4 is 21.6 Å². The molecule has 0 spiro atoms. The van der Waals surface area contributed by atoms with Crippen LogP contribution in [0.4, 0.5) is 5.69 Å². The topological polar surface area (TPSA) is 64.7 Å². The molecule has 0 radical (unpaired) electrons. The predicted octanol–water partition coefficient (Wildman–Crippen LogP) is 1.42. The first-order valence-corrected chi connectivity index (χ1v) is 5.39. The Labute approximate surface area is 97.1 Å². The normalized spacial score (nSPS) is 10.3. The molecule has 0 aliphatic rings. The van der Waals surface area contributed by atoms with Gasteiger partial charge in [-0.25, -0.2) is 0 Å². The molecular formula is C10H14BrNO3. The largest absolute Gasteiger partial charge is 0.491 e. The number of aliphatic hydroxyl groups excluding tert-OH is 1. The Balaban J connectivity index is 2.31. The number of ether oxygens (including phenoxy) is 2. The molecule has 3 N–H and O–H groups in total. The molecule has 0 aliphatic carbocycles. The summed E-state index contributed by atoms with van der Waals surface area (Å²) in [6.45, 7) is 1.26. The lowest BCUT2D eigenvalue weighted by Crippen LogP contribution is -2.09. The van der Waals surface area contributed by atoms with E-state index in [1.165, 1.54) is 0 Å². The van der Waals surface area contributed by atoms with Crippen molar-refractivity contribution in [2.24, 2.45) is 0 Å². The van der Waals surface area contributed by atoms with Gasteiger partial charge in [0, 0.05) is 16.2 Å². The zero-order valence-corrected chi connectivity index (χ0v) is 9.87. The van der Waals surface area contributed by atoms with Crippen LogP contribution in [-0.2, 0) is 4.74 Å². The average Bonchev–Trinajstić information content (AvgIpc) is 2.16. The van der Waals surface area contributed by atoms with Gasteiger partial charge in [-0.05, 0) is 12.1 Å². The van der Waals surface area contributed by atoms with Crippen molar-refractivity contribution in [2.45, 2.75) is 0 Å². The van der Waals surface area contributed by atoms with Crippen LogP contribution in [0.1, 0.15) is 0 Å². The molecule has 0 amide bonds. The van der Waals surface area contributed by atoms with Gasteiger partial charge in [0.15, 0.2) is 0 Å². The van der Waals surface area contributed by atoms with E-state index in [1.807, 2.05) is 6.07 Å². The molecule has 0 unspecified atom stereocenters. The lowest BCUT2D eigenvalue weighted by molar-refractivity contribution is 0.0705. The second kappa shape index (κ2) is 6.66. The van der Waals surface area contributed by atoms with Crippen LogP contribution in [0.5, 0.6) is 5.75 Å². The van der Waals surface area contributed by atoms with E-state index in [0.717, 1.165) is 4.47 Å². The highest BCUT2D eigenvalue weighted by molar-refractivity contribution is 9.10. The standard InChI is InChI=1S/C10H14BrNO3/c11-8-5-9(12)7-10(6-8)15-4-3-14-2-1-13/h5-7,13H,1-4,12H2. The van der Waals surface area contributed by atoms with Gasteiger partial charge in [0.2, 0.25) is 0 Å². The number of nitrogen functional groups attached to an aromatic ring is 1. The zero-order valence-electron chi connectivity index (χ0n) is 8.28. The van der Waals surface area contributed by atoms with Crippen molar-refractivity contribution in [1.29, 1.82) is 0 Å². The fraction of sp³-hybridized carbons (Fsp3) is 0.400. The summed E-state index contributed by atoms with van der Waals surface area (Å²) in [5.74, 6) is 0.703. The van der Waals surface area contributed by atoms with Gasteiger partial charge >= 0.3 is 0 Å². The van der Waals surface area contributed by atoms with Gasteiger partial charge < -0.3 is 20.3 Å². The fourth-order valence-electron chi connectivity index (χ4n) is 1.05. The highest BCUT2D eigenvalue weighted by Crippen LogP contribution is 2.22. The number of hydrogen-bond acceptors (Lipinski definition) is 4. The number of hydrogen-bond donors (Lipinski definition) is 2. The Bertz CT molecular complexity index is 286. The molecule has 4 nitrogen and oxygen atoms in total. The molecule has 15 heavy (non-hydrogen) atoms. The van der Waals surface area contributed by atoms with Crippen LogP contribution in [0.25, 0.3) is 0 Å². The van der Waals surface area contributed by atoms with Crippen LogP contribution >= 0.6 is 15.9 Å². The SMILES string of the molecule is Nc1cc(Br)cc(OCCOCCO)c1. The maximum Gasteiger partial charge on any atom is 0.122 e. The smallest absolute Gasteiger partial charge is 0.122 e. The van der Waals surface area contributed by atoms with E-state index < -0.39 is 0 Å². The molecule has 0 atom stereocenters. The highest BCUT2D eigenvalue weighted by atomic mass is 79.9. The number of aliphatic hydroxyl groups is 1. The van der Waals surface area contributed by atoms with Crippen LogP contribution in [0.15, 0.2) is 22.7 Å². The quantitative estimate of drug-likeness (QED) is 0.609. The average molecular weight is 276 g/mol. The first kappa shape index (κ1) is 12.3. The van der Waals surface area contributed by atoms with Gasteiger partial charge in [-0.15, -0.1) is 0 Å². The number of anilines is 1. The summed E-state index contributed by atoms with van der Waals surface area (Å²) in [7, 11) is 0. The van der Waals surface area contributed by atoms with E-state index in [-0.39, 0.29) is 6.61 Å². The fourth-order valence-corrected chi connectivity index (χ4v) is 1.54. The molecule has 5 heteroatoms. The Hall–Kier alpha value is -0.780. The van der Waals surface area contributed by atoms with Crippen LogP contribution in [0, 0.1) is 0 Å². The molecule has 84 valence electrons. The third-order valence-corrected chi connectivity index (χ3v) is 2.08. The minimum absolute atomic E-state index is 0.0316. The van der Waals surface area contributed by atoms with E-state index >= 15 is 0 Å². The van der Waals surface area contributed by atoms with Crippen molar-refractivity contribution in [3.63, 3.8) is 0 Å². The van der Waals surface area contributed by atoms with Gasteiger partial charge in [0.1, 0.15) is 12.4 Å². The third-order valence-electron chi connectivity index (χ3n) is 1.63. The molecule has 0 saturated heterocycles. The van der Waals surface area contributed by atoms with E-state index in [0.29, 0.717) is 31.3 Å². The van der Waals surface area contributed by atoms with Crippen molar-refractivity contribution < 1.29 is 14.6 Å². The Morgan fingerprint density at radius 1 is 1.20 bits per heavy atom. The first-order valence-electron chi connectivity index (χ1n) is 4.60. The monoisotopic (exact) mass is 275 g/mol. The van der Waals surface area contributed by atoms with E-state index in [1.54, 1.807) is 12.1 Å². The Morgan fingerprint density at radius 3 is 2.67 bits per heavy atom. The molecule has 0 heterocycles. The van der Waals surface area contributed by atoms with Crippen LogP contribution in [-0.4, -0.2) is 31.5 Å². The summed E-state index contributed by atoms with van der Waals surface area (Å²) in [5.41, 5.74) is 6.29. The zero-order chi connectivity index (χ0) is 11.1. The number of benzene rings is 1. The minimum Gasteiger partial charge on any atom is -0.491 e. The number of halogens is 1. The summed E-state index contributed by atoms with van der Waals surface area (Å²) in [6.07, 6.45) is 0. The highest BCUT2D eigenvalue weighted by Gasteiger charge is 1.97. The molecule has 0 aliphatic heterocycles. The molecule has 1 aromatic rings. The Kier molecular flexibility index (Phi) is 5.45. The molecular weight excluding hydrogens is 262 g/mol. The van der Waals surface area contributed by atoms with Gasteiger partial charge in [-0.2, -0.15) is 0 Å². The molecule has 1 rings (SSSR count). The van der Waals surface area contributed by atoms with E-state index in [2.05, 4.69) is 15.9 Å². The van der Waals surface area contributed by atoms with Crippen LogP contribution in [0.2, 0.25) is 0 Å². The van der Waals surface area contributed by atoms with Crippen molar-refractivity contribution in [3.05, 3.63) is 22.7 Å². The predicted molar refractivity (Wildman–Crippen MR) is 62.0 cm³/mol. The van der Waals surface area contributed by atoms with Gasteiger partial charge in [0.05, 0.1) is 19.8 Å². The summed E-state index contributed by atoms with van der Waals surface area (Å²) in [4.78, 5) is 0. The minimum atomic E-state index is 0.0316. The summed E-state index contributed by atoms with van der Waals surface area (Å²) < 4.78 is 11.3. The lowest BCUT2D eigenvalue weighted by atomic mass is 10.3. The van der Waals surface area contributed by atoms with Gasteiger partial charge in [-0.3, -0.25) is 0 Å². The maximum absolute atomic E-state index is 8.47. The Morgan fingerprint density at radius 2 is 2.00 bits per heavy atom. The second-order valence-electron chi connectivity index (χ2n) is 2.90. The van der Waals surface area contributed by atoms with E-state index in [9.17, 15) is 0 Å². The van der Waals surface area contributed by atoms with E-state index in [4.69, 9.17) is 20.3 Å². The molecule has 1 aromatic carbocycles. The summed E-state index contributed by atoms with van der Waals surface area (Å²) in [5, 5.41) is 8.47. The van der Waals surface area contributed by atoms with Gasteiger partial charge in [-0.1, -0.05) is 15.9 Å². The summed E-state index contributed by atoms with van der Waals surface area (Å²) >= 11 is 3.32. The molecule has 0 saturated carbocycles. The van der Waals surface area contributed by atoms with Gasteiger partial charge in [0.25, 0.3) is 0 Å². The van der Waals surface area contributed by atoms with Crippen LogP contribution in [0.3, 0.4) is 0 Å². The summed E-state index contributed by atoms with van der Waals surface area (Å²) in [6, 6.07) is 5.38. The van der Waals surface area contributed by atoms with Crippen molar-refractivity contribution in [1.82, 2.24) is 0 Å². The maximum atomic E-state index is 8.47. The first-order chi connectivity index (χ1) is 7.22. The van der Waals surface area contributed by atoms with Crippen molar-refractivity contribution in [3.8, 4) is 5.75 Å². The van der Waals surface area contributed by atoms with Crippen molar-refractivity contribution in [2.75, 3.05) is 32.2 Å². The number of nitrogens with two attached hydrogens (primary N) is 1. The number of rotatable bonds is 6. The third kappa shape index (κ3) is 5.01. The lowest BCUT2D eigenvalue weighted by Gasteiger charge is -2.07.